The summed E-state index contributed by atoms with van der Waals surface area (Å²) < 4.78 is 1.50. The summed E-state index contributed by atoms with van der Waals surface area (Å²) in [5.74, 6) is 2.41. The Morgan fingerprint density at radius 1 is 1.43 bits per heavy atom. The molecule has 2 N–H and O–H groups in total. The highest BCUT2D eigenvalue weighted by molar-refractivity contribution is 14.1. The van der Waals surface area contributed by atoms with Gasteiger partial charge in [-0.25, -0.2) is 5.43 Å². The molecule has 1 aliphatic rings. The predicted molar refractivity (Wildman–Crippen MR) is 107 cm³/mol. The number of amides is 1. The molecule has 1 aromatic rings. The summed E-state index contributed by atoms with van der Waals surface area (Å²) in [5, 5.41) is 13.7. The molecule has 1 fully saturated rings. The highest BCUT2D eigenvalue weighted by atomic mass is 127. The molecule has 4 nitrogen and oxygen atoms in total. The molecule has 8 heteroatoms. The van der Waals surface area contributed by atoms with E-state index in [0.717, 1.165) is 24.2 Å². The third-order valence-corrected chi connectivity index (χ3v) is 7.76. The number of hydrazone groups is 1. The second kappa shape index (κ2) is 7.73. The Labute approximate surface area is 159 Å². The molecule has 0 unspecified atom stereocenters. The Balaban J connectivity index is 1.91. The first-order valence-corrected chi connectivity index (χ1v) is 10.3. The average molecular weight is 548 g/mol. The molecule has 0 bridgehead atoms. The van der Waals surface area contributed by atoms with Crippen molar-refractivity contribution in [2.75, 3.05) is 11.5 Å². The molecule has 0 radical (unpaired) electrons. The smallest absolute Gasteiger partial charge is 0.242 e. The van der Waals surface area contributed by atoms with E-state index in [4.69, 9.17) is 0 Å². The van der Waals surface area contributed by atoms with Crippen LogP contribution in [0, 0.1) is 7.14 Å². The van der Waals surface area contributed by atoms with Gasteiger partial charge in [-0.3, -0.25) is 4.79 Å². The second-order valence-corrected chi connectivity index (χ2v) is 10.4. The summed E-state index contributed by atoms with van der Waals surface area (Å²) in [4.78, 5) is 11.9. The summed E-state index contributed by atoms with van der Waals surface area (Å²) in [6.45, 7) is 2.10. The summed E-state index contributed by atoms with van der Waals surface area (Å²) in [5.41, 5.74) is 3.42. The number of carbonyl (C=O) groups excluding carboxylic acids is 1. The van der Waals surface area contributed by atoms with E-state index >= 15 is 0 Å². The lowest BCUT2D eigenvalue weighted by molar-refractivity contribution is -0.121. The van der Waals surface area contributed by atoms with E-state index in [9.17, 15) is 9.90 Å². The average Bonchev–Trinajstić information content (AvgIpc) is 2.82. The molecule has 1 amide bonds. The Morgan fingerprint density at radius 2 is 2.00 bits per heavy atom. The molecule has 0 aromatic heterocycles. The normalized spacial score (nSPS) is 17.3. The molecule has 1 aromatic carbocycles. The molecule has 114 valence electrons. The van der Waals surface area contributed by atoms with Gasteiger partial charge in [0.15, 0.2) is 0 Å². The lowest BCUT2D eigenvalue weighted by Gasteiger charge is -2.19. The van der Waals surface area contributed by atoms with E-state index in [0.29, 0.717) is 6.42 Å². The predicted octanol–water partition coefficient (Wildman–Crippen LogP) is 3.64. The lowest BCUT2D eigenvalue weighted by Crippen LogP contribution is -2.26. The Hall–Kier alpha value is 0.320. The number of hydrogen-bond donors (Lipinski definition) is 2. The number of carbonyl (C=O) groups is 1. The Morgan fingerprint density at radius 3 is 2.57 bits per heavy atom. The fourth-order valence-electron chi connectivity index (χ4n) is 1.83. The largest absolute Gasteiger partial charge is 0.506 e. The number of benzene rings is 1. The first-order chi connectivity index (χ1) is 9.89. The topological polar surface area (TPSA) is 61.7 Å². The van der Waals surface area contributed by atoms with Gasteiger partial charge < -0.3 is 5.11 Å². The van der Waals surface area contributed by atoms with E-state index in [1.54, 1.807) is 6.21 Å². The van der Waals surface area contributed by atoms with E-state index in [-0.39, 0.29) is 15.7 Å². The van der Waals surface area contributed by atoms with Gasteiger partial charge in [0.1, 0.15) is 5.75 Å². The fourth-order valence-corrected chi connectivity index (χ4v) is 6.47. The molecule has 0 aliphatic carbocycles. The van der Waals surface area contributed by atoms with Crippen LogP contribution in [0.15, 0.2) is 17.2 Å². The van der Waals surface area contributed by atoms with E-state index in [2.05, 4.69) is 62.6 Å². The van der Waals surface area contributed by atoms with Crippen molar-refractivity contribution in [3.05, 3.63) is 24.8 Å². The van der Waals surface area contributed by atoms with Crippen LogP contribution in [0.2, 0.25) is 0 Å². The Kier molecular flexibility index (Phi) is 6.51. The monoisotopic (exact) mass is 548 g/mol. The van der Waals surface area contributed by atoms with Gasteiger partial charge in [-0.05, 0) is 69.8 Å². The van der Waals surface area contributed by atoms with Gasteiger partial charge in [0.2, 0.25) is 5.91 Å². The molecule has 1 saturated heterocycles. The summed E-state index contributed by atoms with van der Waals surface area (Å²) in [6.07, 6.45) is 2.06. The highest BCUT2D eigenvalue weighted by Crippen LogP contribution is 2.45. The maximum Gasteiger partial charge on any atom is 0.242 e. The lowest BCUT2D eigenvalue weighted by atomic mass is 10.2. The molecular formula is C13H14I2N2O2S2. The molecule has 1 heterocycles. The van der Waals surface area contributed by atoms with Crippen LogP contribution < -0.4 is 5.43 Å². The summed E-state index contributed by atoms with van der Waals surface area (Å²) in [7, 11) is 0. The van der Waals surface area contributed by atoms with Gasteiger partial charge in [-0.15, -0.1) is 23.5 Å². The SMILES string of the molecule is CC1(CC(=O)NN=Cc2cc(I)c(O)c(I)c2)SCCS1. The van der Waals surface area contributed by atoms with Crippen LogP contribution in [0.5, 0.6) is 5.75 Å². The number of halogens is 2. The van der Waals surface area contributed by atoms with Crippen molar-refractivity contribution < 1.29 is 9.90 Å². The number of phenolic OH excluding ortho intramolecular Hbond substituents is 1. The number of thioether (sulfide) groups is 2. The minimum atomic E-state index is -0.0705. The summed E-state index contributed by atoms with van der Waals surface area (Å²) in [6, 6.07) is 3.63. The zero-order valence-electron chi connectivity index (χ0n) is 11.2. The quantitative estimate of drug-likeness (QED) is 0.343. The van der Waals surface area contributed by atoms with Crippen molar-refractivity contribution in [1.82, 2.24) is 5.43 Å². The van der Waals surface area contributed by atoms with Crippen LogP contribution in [0.25, 0.3) is 0 Å². The van der Waals surface area contributed by atoms with Crippen molar-refractivity contribution in [1.29, 1.82) is 0 Å². The molecule has 0 saturated carbocycles. The number of nitrogens with zero attached hydrogens (tertiary/aromatic N) is 1. The summed E-state index contributed by atoms with van der Waals surface area (Å²) >= 11 is 7.79. The van der Waals surface area contributed by atoms with Crippen molar-refractivity contribution >= 4 is 80.8 Å². The van der Waals surface area contributed by atoms with Crippen molar-refractivity contribution in [2.45, 2.75) is 17.4 Å². The van der Waals surface area contributed by atoms with Crippen LogP contribution in [-0.4, -0.2) is 32.8 Å². The highest BCUT2D eigenvalue weighted by Gasteiger charge is 2.32. The van der Waals surface area contributed by atoms with Crippen LogP contribution in [-0.2, 0) is 4.79 Å². The number of phenols is 1. The van der Waals surface area contributed by atoms with Crippen molar-refractivity contribution in [3.8, 4) is 5.75 Å². The van der Waals surface area contributed by atoms with Crippen LogP contribution in [0.1, 0.15) is 18.9 Å². The van der Waals surface area contributed by atoms with Gasteiger partial charge in [-0.2, -0.15) is 5.10 Å². The van der Waals surface area contributed by atoms with Gasteiger partial charge in [-0.1, -0.05) is 0 Å². The van der Waals surface area contributed by atoms with Crippen LogP contribution in [0.3, 0.4) is 0 Å². The zero-order valence-corrected chi connectivity index (χ0v) is 17.2. The first-order valence-electron chi connectivity index (χ1n) is 6.17. The molecule has 0 spiro atoms. The Bertz CT molecular complexity index is 552. The molecule has 0 atom stereocenters. The minimum Gasteiger partial charge on any atom is -0.506 e. The molecule has 1 aliphatic heterocycles. The number of aromatic hydroxyl groups is 1. The van der Waals surface area contributed by atoms with Crippen molar-refractivity contribution in [3.63, 3.8) is 0 Å². The first kappa shape index (κ1) is 17.7. The van der Waals surface area contributed by atoms with Gasteiger partial charge >= 0.3 is 0 Å². The fraction of sp³-hybridized carbons (Fsp3) is 0.385. The minimum absolute atomic E-state index is 0.0249. The maximum atomic E-state index is 11.9. The van der Waals surface area contributed by atoms with Crippen molar-refractivity contribution in [2.24, 2.45) is 5.10 Å². The molecular weight excluding hydrogens is 534 g/mol. The van der Waals surface area contributed by atoms with Crippen LogP contribution >= 0.6 is 68.7 Å². The van der Waals surface area contributed by atoms with Gasteiger partial charge in [0.05, 0.1) is 23.9 Å². The van der Waals surface area contributed by atoms with Gasteiger partial charge in [0, 0.05) is 11.5 Å². The number of hydrogen-bond acceptors (Lipinski definition) is 5. The molecule has 21 heavy (non-hydrogen) atoms. The third kappa shape index (κ3) is 5.17. The maximum absolute atomic E-state index is 11.9. The second-order valence-electron chi connectivity index (χ2n) is 4.63. The standard InChI is InChI=1S/C13H14I2N2O2S2/c1-13(20-2-3-21-13)6-11(18)17-16-7-8-4-9(14)12(19)10(15)5-8/h4-5,7,19H,2-3,6H2,1H3,(H,17,18). The van der Waals surface area contributed by atoms with E-state index in [1.807, 2.05) is 35.7 Å². The zero-order chi connectivity index (χ0) is 15.5. The third-order valence-electron chi connectivity index (χ3n) is 2.82. The van der Waals surface area contributed by atoms with E-state index < -0.39 is 0 Å². The van der Waals surface area contributed by atoms with Crippen LogP contribution in [0.4, 0.5) is 0 Å². The molecule has 2 rings (SSSR count). The number of rotatable bonds is 4. The van der Waals surface area contributed by atoms with Gasteiger partial charge in [0.25, 0.3) is 0 Å². The van der Waals surface area contributed by atoms with E-state index in [1.165, 1.54) is 0 Å². The number of nitrogens with one attached hydrogen (secondary N) is 1.